The van der Waals surface area contributed by atoms with Crippen LogP contribution in [0.15, 0.2) is 150 Å². The Morgan fingerprint density at radius 3 is 1.41 bits per heavy atom. The van der Waals surface area contributed by atoms with Gasteiger partial charge >= 0.3 is 17.9 Å². The molecule has 0 amide bonds. The topological polar surface area (TPSA) is 131 Å². The molecule has 0 N–H and O–H groups in total. The van der Waals surface area contributed by atoms with Crippen molar-refractivity contribution in [1.82, 2.24) is 0 Å². The van der Waals surface area contributed by atoms with E-state index >= 15 is 0 Å². The number of alkyl halides is 1. The third kappa shape index (κ3) is 15.4. The van der Waals surface area contributed by atoms with Crippen molar-refractivity contribution in [3.8, 4) is 45.6 Å². The Hall–Kier alpha value is -6.79. The van der Waals surface area contributed by atoms with E-state index in [4.69, 9.17) is 28.4 Å². The highest BCUT2D eigenvalue weighted by Gasteiger charge is 2.19. The molecule has 0 spiro atoms. The standard InChI is InChI=1S/C54H55BrN2O9/c1-3-4-5-6-8-11-35-62-46-25-16-39(17-26-46)40-18-27-48(28-19-40)64-53(59)43-20-33-50(51(38-43)61-2)66-54(60)42-15-13-14-41(37-42)52(58)65-49-31-23-45(24-32-49)57-56-44-21-29-47(30-22-44)63-36-12-9-7-10-34-55/h13-33,37-38H,3-12,34-36H2,1-2H3. The summed E-state index contributed by atoms with van der Waals surface area (Å²) in [6.45, 7) is 3.61. The number of rotatable bonds is 25. The summed E-state index contributed by atoms with van der Waals surface area (Å²) >= 11 is 3.45. The van der Waals surface area contributed by atoms with Crippen LogP contribution >= 0.6 is 15.9 Å². The smallest absolute Gasteiger partial charge is 0.343 e. The van der Waals surface area contributed by atoms with E-state index in [2.05, 4.69) is 33.1 Å². The lowest BCUT2D eigenvalue weighted by Gasteiger charge is -2.12. The van der Waals surface area contributed by atoms with Gasteiger partial charge in [-0.3, -0.25) is 0 Å². The van der Waals surface area contributed by atoms with E-state index in [9.17, 15) is 14.4 Å². The van der Waals surface area contributed by atoms with Crippen LogP contribution in [0.2, 0.25) is 0 Å². The first kappa shape index (κ1) is 48.7. The SMILES string of the molecule is CCCCCCCCOc1ccc(-c2ccc(OC(=O)c3ccc(OC(=O)c4cccc(C(=O)Oc5ccc(N=Nc6ccc(OCCCCCCBr)cc6)cc5)c4)c(OC)c3)cc2)cc1. The first-order valence-electron chi connectivity index (χ1n) is 22.4. The Bertz CT molecular complexity index is 2490. The normalized spacial score (nSPS) is 11.0. The summed E-state index contributed by atoms with van der Waals surface area (Å²) in [5, 5.41) is 9.60. The molecule has 11 nitrogen and oxygen atoms in total. The van der Waals surface area contributed by atoms with Gasteiger partial charge in [0, 0.05) is 5.33 Å². The molecule has 12 heteroatoms. The maximum Gasteiger partial charge on any atom is 0.343 e. The highest BCUT2D eigenvalue weighted by atomic mass is 79.9. The minimum atomic E-state index is -0.748. The third-order valence-corrected chi connectivity index (χ3v) is 11.0. The average Bonchev–Trinajstić information content (AvgIpc) is 3.35. The summed E-state index contributed by atoms with van der Waals surface area (Å²) in [6, 6.07) is 39.5. The number of carbonyl (C=O) groups excluding carboxylic acids is 3. The van der Waals surface area contributed by atoms with Crippen molar-refractivity contribution in [2.24, 2.45) is 10.2 Å². The van der Waals surface area contributed by atoms with Gasteiger partial charge in [0.1, 0.15) is 23.0 Å². The molecule has 6 rings (SSSR count). The Kier molecular flexibility index (Phi) is 19.3. The number of ether oxygens (including phenoxy) is 6. The molecule has 0 atom stereocenters. The van der Waals surface area contributed by atoms with E-state index in [1.165, 1.54) is 88.5 Å². The molecule has 0 radical (unpaired) electrons. The number of nitrogens with zero attached hydrogens (tertiary/aromatic N) is 2. The molecule has 0 aliphatic carbocycles. The molecule has 0 heterocycles. The zero-order valence-electron chi connectivity index (χ0n) is 37.4. The van der Waals surface area contributed by atoms with Gasteiger partial charge in [-0.1, -0.05) is 98.1 Å². The Balaban J connectivity index is 0.962. The van der Waals surface area contributed by atoms with Crippen molar-refractivity contribution >= 4 is 45.2 Å². The summed E-state index contributed by atoms with van der Waals surface area (Å²) in [5.41, 5.74) is 3.63. The van der Waals surface area contributed by atoms with Crippen LogP contribution in [0.1, 0.15) is 102 Å². The van der Waals surface area contributed by atoms with Gasteiger partial charge in [-0.2, -0.15) is 10.2 Å². The second-order valence-electron chi connectivity index (χ2n) is 15.4. The molecule has 342 valence electrons. The summed E-state index contributed by atoms with van der Waals surface area (Å²) in [4.78, 5) is 39.5. The fourth-order valence-corrected chi connectivity index (χ4v) is 7.12. The van der Waals surface area contributed by atoms with E-state index in [0.717, 1.165) is 47.2 Å². The number of esters is 3. The van der Waals surface area contributed by atoms with Crippen LogP contribution in [-0.4, -0.2) is 43.6 Å². The number of methoxy groups -OCH3 is 1. The Labute approximate surface area is 395 Å². The van der Waals surface area contributed by atoms with Crippen molar-refractivity contribution in [2.75, 3.05) is 25.7 Å². The quantitative estimate of drug-likeness (QED) is 0.0181. The Morgan fingerprint density at radius 1 is 0.455 bits per heavy atom. The number of unbranched alkanes of at least 4 members (excludes halogenated alkanes) is 8. The molecule has 0 bridgehead atoms. The Morgan fingerprint density at radius 2 is 0.894 bits per heavy atom. The van der Waals surface area contributed by atoms with Gasteiger partial charge in [0.05, 0.1) is 48.4 Å². The van der Waals surface area contributed by atoms with E-state index in [1.807, 2.05) is 60.7 Å². The lowest BCUT2D eigenvalue weighted by molar-refractivity contribution is 0.0724. The predicted molar refractivity (Wildman–Crippen MR) is 260 cm³/mol. The second kappa shape index (κ2) is 26.2. The third-order valence-electron chi connectivity index (χ3n) is 10.4. The van der Waals surface area contributed by atoms with Gasteiger partial charge in [-0.25, -0.2) is 14.4 Å². The van der Waals surface area contributed by atoms with Crippen LogP contribution in [0.4, 0.5) is 11.4 Å². The van der Waals surface area contributed by atoms with Crippen molar-refractivity contribution in [1.29, 1.82) is 0 Å². The second-order valence-corrected chi connectivity index (χ2v) is 16.2. The first-order chi connectivity index (χ1) is 32.3. The van der Waals surface area contributed by atoms with Crippen molar-refractivity contribution < 1.29 is 42.8 Å². The molecule has 0 aliphatic rings. The molecule has 0 aromatic heterocycles. The van der Waals surface area contributed by atoms with Gasteiger partial charge in [0.25, 0.3) is 0 Å². The largest absolute Gasteiger partial charge is 0.494 e. The van der Waals surface area contributed by atoms with Crippen molar-refractivity contribution in [3.05, 3.63) is 156 Å². The van der Waals surface area contributed by atoms with E-state index in [0.29, 0.717) is 30.3 Å². The zero-order valence-corrected chi connectivity index (χ0v) is 39.0. The minimum Gasteiger partial charge on any atom is -0.494 e. The molecule has 0 saturated carbocycles. The minimum absolute atomic E-state index is 0.0702. The molecule has 0 aliphatic heterocycles. The van der Waals surface area contributed by atoms with Crippen molar-refractivity contribution in [2.45, 2.75) is 71.1 Å². The van der Waals surface area contributed by atoms with Gasteiger partial charge < -0.3 is 28.4 Å². The number of benzene rings is 6. The van der Waals surface area contributed by atoms with Crippen LogP contribution in [0, 0.1) is 0 Å². The maximum absolute atomic E-state index is 13.3. The molecule has 6 aromatic carbocycles. The van der Waals surface area contributed by atoms with Crippen LogP contribution in [0.3, 0.4) is 0 Å². The summed E-state index contributed by atoms with van der Waals surface area (Å²) in [6.07, 6.45) is 11.8. The highest BCUT2D eigenvalue weighted by molar-refractivity contribution is 9.09. The van der Waals surface area contributed by atoms with Crippen LogP contribution in [0.5, 0.6) is 34.5 Å². The molecular formula is C54H55BrN2O9. The maximum atomic E-state index is 13.3. The first-order valence-corrected chi connectivity index (χ1v) is 23.5. The fourth-order valence-electron chi connectivity index (χ4n) is 6.72. The number of carbonyl (C=O) groups is 3. The lowest BCUT2D eigenvalue weighted by Crippen LogP contribution is -2.13. The molecule has 0 unspecified atom stereocenters. The van der Waals surface area contributed by atoms with Gasteiger partial charge in [0.15, 0.2) is 11.5 Å². The van der Waals surface area contributed by atoms with Crippen molar-refractivity contribution in [3.63, 3.8) is 0 Å². The number of hydrogen-bond acceptors (Lipinski definition) is 11. The van der Waals surface area contributed by atoms with Gasteiger partial charge in [-0.15, -0.1) is 0 Å². The summed E-state index contributed by atoms with van der Waals surface area (Å²) in [5.74, 6) is 0.438. The predicted octanol–water partition coefficient (Wildman–Crippen LogP) is 14.5. The molecular weight excluding hydrogens is 901 g/mol. The average molecular weight is 956 g/mol. The van der Waals surface area contributed by atoms with Crippen LogP contribution < -0.4 is 28.4 Å². The highest BCUT2D eigenvalue weighted by Crippen LogP contribution is 2.31. The van der Waals surface area contributed by atoms with E-state index in [1.54, 1.807) is 42.5 Å². The van der Waals surface area contributed by atoms with Crippen LogP contribution in [0.25, 0.3) is 11.1 Å². The monoisotopic (exact) mass is 954 g/mol. The summed E-state index contributed by atoms with van der Waals surface area (Å²) in [7, 11) is 1.39. The molecule has 0 saturated heterocycles. The number of azo groups is 1. The van der Waals surface area contributed by atoms with E-state index in [-0.39, 0.29) is 33.9 Å². The summed E-state index contributed by atoms with van der Waals surface area (Å²) < 4.78 is 34.0. The van der Waals surface area contributed by atoms with Gasteiger partial charge in [-0.05, 0) is 140 Å². The molecule has 66 heavy (non-hydrogen) atoms. The van der Waals surface area contributed by atoms with Gasteiger partial charge in [0.2, 0.25) is 0 Å². The van der Waals surface area contributed by atoms with Crippen LogP contribution in [-0.2, 0) is 0 Å². The lowest BCUT2D eigenvalue weighted by atomic mass is 10.1. The number of halogens is 1. The zero-order chi connectivity index (χ0) is 46.4. The van der Waals surface area contributed by atoms with E-state index < -0.39 is 17.9 Å². The molecule has 6 aromatic rings. The number of hydrogen-bond donors (Lipinski definition) is 0. The molecule has 0 fully saturated rings. The fraction of sp³-hybridized carbons (Fsp3) is 0.278.